The molecule has 0 fully saturated rings. The Balaban J connectivity index is 3.25. The third-order valence-corrected chi connectivity index (χ3v) is 1.74. The predicted octanol–water partition coefficient (Wildman–Crippen LogP) is 1.95. The van der Waals surface area contributed by atoms with E-state index in [0.717, 1.165) is 0 Å². The third kappa shape index (κ3) is 7.76. The molecule has 54 valence electrons. The molecule has 0 aromatic carbocycles. The molecule has 0 unspecified atom stereocenters. The molecule has 0 aliphatic heterocycles. The number of hydrogen-bond acceptors (Lipinski definition) is 1. The van der Waals surface area contributed by atoms with Gasteiger partial charge >= 0.3 is 0 Å². The second-order valence-electron chi connectivity index (χ2n) is 2.76. The predicted molar refractivity (Wildman–Crippen MR) is 44.2 cm³/mol. The lowest BCUT2D eigenvalue weighted by Gasteiger charge is -2.02. The van der Waals surface area contributed by atoms with Crippen LogP contribution >= 0.6 is 0 Å². The van der Waals surface area contributed by atoms with Crippen LogP contribution in [-0.2, 0) is 4.74 Å². The highest BCUT2D eigenvalue weighted by molar-refractivity contribution is 6.61. The molecule has 0 amide bonds. The van der Waals surface area contributed by atoms with Gasteiger partial charge in [-0.25, -0.2) is 0 Å². The van der Waals surface area contributed by atoms with E-state index >= 15 is 0 Å². The van der Waals surface area contributed by atoms with Gasteiger partial charge in [0.1, 0.15) is 0 Å². The molecule has 0 radical (unpaired) electrons. The van der Waals surface area contributed by atoms with E-state index in [2.05, 4.69) is 18.8 Å². The minimum atomic E-state index is -0.535. The highest BCUT2D eigenvalue weighted by Gasteiger charge is 1.87. The van der Waals surface area contributed by atoms with Crippen LogP contribution in [0.15, 0.2) is 12.0 Å². The van der Waals surface area contributed by atoms with Gasteiger partial charge in [-0.05, 0) is 13.8 Å². The normalized spacial score (nSPS) is 11.8. The van der Waals surface area contributed by atoms with Crippen molar-refractivity contribution in [1.29, 1.82) is 0 Å². The molecule has 1 nitrogen and oxygen atoms in total. The zero-order valence-corrected chi connectivity index (χ0v) is 7.87. The Bertz CT molecular complexity index is 86.9. The molecular weight excluding hydrogens is 128 g/mol. The lowest BCUT2D eigenvalue weighted by molar-refractivity contribution is 0.180. The molecule has 0 atom stereocenters. The van der Waals surface area contributed by atoms with Gasteiger partial charge in [0, 0.05) is 0 Å². The SMILES string of the molecule is CC(C)OC=C[SiH](C)C. The zero-order chi connectivity index (χ0) is 7.28. The Labute approximate surface area is 59.3 Å². The molecule has 9 heavy (non-hydrogen) atoms. The Morgan fingerprint density at radius 2 is 1.89 bits per heavy atom. The average molecular weight is 144 g/mol. The van der Waals surface area contributed by atoms with Crippen LogP contribution < -0.4 is 0 Å². The van der Waals surface area contributed by atoms with Gasteiger partial charge in [-0.1, -0.05) is 18.8 Å². The standard InChI is InChI=1S/C7H16OSi/c1-7(2)8-5-6-9(3)4/h5-7,9H,1-4H3. The lowest BCUT2D eigenvalue weighted by atomic mass is 10.5. The van der Waals surface area contributed by atoms with E-state index in [9.17, 15) is 0 Å². The van der Waals surface area contributed by atoms with Gasteiger partial charge in [0.05, 0.1) is 21.2 Å². The second-order valence-corrected chi connectivity index (χ2v) is 5.63. The van der Waals surface area contributed by atoms with Crippen LogP contribution in [0.5, 0.6) is 0 Å². The van der Waals surface area contributed by atoms with E-state index < -0.39 is 8.80 Å². The van der Waals surface area contributed by atoms with Crippen LogP contribution in [0.4, 0.5) is 0 Å². The molecule has 0 aromatic rings. The fourth-order valence-corrected chi connectivity index (χ4v) is 0.765. The highest BCUT2D eigenvalue weighted by Crippen LogP contribution is 1.89. The van der Waals surface area contributed by atoms with Crippen molar-refractivity contribution in [2.24, 2.45) is 0 Å². The molecule has 0 saturated carbocycles. The van der Waals surface area contributed by atoms with Crippen molar-refractivity contribution in [2.45, 2.75) is 33.0 Å². The first kappa shape index (κ1) is 8.76. The molecule has 0 heterocycles. The maximum Gasteiger partial charge on any atom is 0.0922 e. The molecule has 0 bridgehead atoms. The van der Waals surface area contributed by atoms with Gasteiger partial charge in [0.2, 0.25) is 0 Å². The summed E-state index contributed by atoms with van der Waals surface area (Å²) < 4.78 is 5.21. The highest BCUT2D eigenvalue weighted by atomic mass is 28.3. The molecule has 0 rings (SSSR count). The summed E-state index contributed by atoms with van der Waals surface area (Å²) in [5.41, 5.74) is 2.18. The Hall–Kier alpha value is -0.243. The zero-order valence-electron chi connectivity index (χ0n) is 6.72. The number of hydrogen-bond donors (Lipinski definition) is 0. The summed E-state index contributed by atoms with van der Waals surface area (Å²) in [7, 11) is -0.535. The molecule has 0 aliphatic rings. The smallest absolute Gasteiger partial charge is 0.0922 e. The summed E-state index contributed by atoms with van der Waals surface area (Å²) in [6, 6.07) is 0. The van der Waals surface area contributed by atoms with E-state index in [1.54, 1.807) is 0 Å². The van der Waals surface area contributed by atoms with Crippen molar-refractivity contribution in [3.63, 3.8) is 0 Å². The maximum absolute atomic E-state index is 5.21. The van der Waals surface area contributed by atoms with Gasteiger partial charge < -0.3 is 4.74 Å². The number of ether oxygens (including phenoxy) is 1. The molecular formula is C7H16OSi. The topological polar surface area (TPSA) is 9.23 Å². The fraction of sp³-hybridized carbons (Fsp3) is 0.714. The first-order valence-electron chi connectivity index (χ1n) is 3.45. The Morgan fingerprint density at radius 1 is 1.33 bits per heavy atom. The molecule has 0 N–H and O–H groups in total. The van der Waals surface area contributed by atoms with E-state index in [1.807, 2.05) is 20.1 Å². The first-order chi connectivity index (χ1) is 4.13. The van der Waals surface area contributed by atoms with Gasteiger partial charge in [-0.15, -0.1) is 0 Å². The quantitative estimate of drug-likeness (QED) is 0.434. The lowest BCUT2D eigenvalue weighted by Crippen LogP contribution is -1.98. The summed E-state index contributed by atoms with van der Waals surface area (Å²) in [5.74, 6) is 0. The van der Waals surface area contributed by atoms with Crippen LogP contribution in [0, 0.1) is 0 Å². The summed E-state index contributed by atoms with van der Waals surface area (Å²) in [6.45, 7) is 8.60. The fourth-order valence-electron chi connectivity index (χ4n) is 0.360. The average Bonchev–Trinajstić information content (AvgIpc) is 1.63. The molecule has 0 spiro atoms. The van der Waals surface area contributed by atoms with Crippen LogP contribution in [0.25, 0.3) is 0 Å². The summed E-state index contributed by atoms with van der Waals surface area (Å²) in [6.07, 6.45) is 2.16. The van der Waals surface area contributed by atoms with Crippen LogP contribution in [-0.4, -0.2) is 14.9 Å². The van der Waals surface area contributed by atoms with E-state index in [-0.39, 0.29) is 0 Å². The Morgan fingerprint density at radius 3 is 2.22 bits per heavy atom. The molecule has 2 heteroatoms. The number of rotatable bonds is 3. The monoisotopic (exact) mass is 144 g/mol. The molecule has 0 aromatic heterocycles. The van der Waals surface area contributed by atoms with Crippen molar-refractivity contribution < 1.29 is 4.74 Å². The van der Waals surface area contributed by atoms with Gasteiger partial charge in [0.25, 0.3) is 0 Å². The van der Waals surface area contributed by atoms with Crippen molar-refractivity contribution in [2.75, 3.05) is 0 Å². The van der Waals surface area contributed by atoms with Crippen molar-refractivity contribution in [3.8, 4) is 0 Å². The molecule has 0 saturated heterocycles. The third-order valence-electron chi connectivity index (χ3n) is 0.814. The summed E-state index contributed by atoms with van der Waals surface area (Å²) in [5, 5.41) is 0. The van der Waals surface area contributed by atoms with Crippen molar-refractivity contribution >= 4 is 8.80 Å². The van der Waals surface area contributed by atoms with Crippen LogP contribution in [0.3, 0.4) is 0 Å². The van der Waals surface area contributed by atoms with Gasteiger partial charge in [0.15, 0.2) is 0 Å². The summed E-state index contributed by atoms with van der Waals surface area (Å²) in [4.78, 5) is 0. The van der Waals surface area contributed by atoms with Crippen molar-refractivity contribution in [3.05, 3.63) is 12.0 Å². The van der Waals surface area contributed by atoms with Crippen LogP contribution in [0.1, 0.15) is 13.8 Å². The van der Waals surface area contributed by atoms with Gasteiger partial charge in [-0.3, -0.25) is 0 Å². The summed E-state index contributed by atoms with van der Waals surface area (Å²) >= 11 is 0. The minimum absolute atomic E-state index is 0.328. The van der Waals surface area contributed by atoms with Gasteiger partial charge in [-0.2, -0.15) is 0 Å². The van der Waals surface area contributed by atoms with E-state index in [1.165, 1.54) is 0 Å². The second kappa shape index (κ2) is 4.62. The largest absolute Gasteiger partial charge is 0.499 e. The van der Waals surface area contributed by atoms with E-state index in [4.69, 9.17) is 4.74 Å². The molecule has 0 aliphatic carbocycles. The minimum Gasteiger partial charge on any atom is -0.499 e. The first-order valence-corrected chi connectivity index (χ1v) is 6.42. The maximum atomic E-state index is 5.21. The van der Waals surface area contributed by atoms with Crippen LogP contribution in [0.2, 0.25) is 13.1 Å². The van der Waals surface area contributed by atoms with Crippen molar-refractivity contribution in [1.82, 2.24) is 0 Å². The Kier molecular flexibility index (Phi) is 4.49. The van der Waals surface area contributed by atoms with E-state index in [0.29, 0.717) is 6.10 Å².